The number of halogens is 3. The van der Waals surface area contributed by atoms with Crippen molar-refractivity contribution in [2.75, 3.05) is 6.54 Å². The van der Waals surface area contributed by atoms with Crippen LogP contribution < -0.4 is 0 Å². The summed E-state index contributed by atoms with van der Waals surface area (Å²) in [5, 5.41) is 9.58. The molecule has 3 aromatic rings. The maximum Gasteiger partial charge on any atom is 0.213 e. The summed E-state index contributed by atoms with van der Waals surface area (Å²) in [6, 6.07) is 10.3. The molecule has 25 heavy (non-hydrogen) atoms. The molecule has 8 heteroatoms. The Labute approximate surface area is 154 Å². The molecule has 1 aliphatic heterocycles. The number of aromatic nitrogens is 4. The normalized spacial score (nSPS) is 14.5. The molecule has 2 aromatic heterocycles. The first-order chi connectivity index (χ1) is 12.1. The predicted molar refractivity (Wildman–Crippen MR) is 93.8 cm³/mol. The van der Waals surface area contributed by atoms with Gasteiger partial charge in [-0.3, -0.25) is 4.90 Å². The lowest BCUT2D eigenvalue weighted by Crippen LogP contribution is -2.33. The molecular formula is C17H14Cl2FN5. The van der Waals surface area contributed by atoms with E-state index in [0.717, 1.165) is 17.9 Å². The third-order valence-electron chi connectivity index (χ3n) is 4.20. The van der Waals surface area contributed by atoms with Crippen molar-refractivity contribution in [1.29, 1.82) is 0 Å². The molecule has 128 valence electrons. The molecule has 0 aliphatic carbocycles. The highest BCUT2D eigenvalue weighted by Crippen LogP contribution is 2.28. The number of pyridine rings is 1. The Balaban J connectivity index is 1.56. The summed E-state index contributed by atoms with van der Waals surface area (Å²) in [6.07, 6.45) is 0. The first kappa shape index (κ1) is 16.4. The number of nitrogens with zero attached hydrogens (tertiary/aromatic N) is 5. The number of rotatable bonds is 3. The van der Waals surface area contributed by atoms with Crippen LogP contribution in [0.3, 0.4) is 0 Å². The maximum absolute atomic E-state index is 13.4. The van der Waals surface area contributed by atoms with E-state index < -0.39 is 5.95 Å². The first-order valence-corrected chi connectivity index (χ1v) is 8.57. The topological polar surface area (TPSA) is 46.8 Å². The van der Waals surface area contributed by atoms with Gasteiger partial charge in [0.2, 0.25) is 5.95 Å². The minimum absolute atomic E-state index is 0.491. The van der Waals surface area contributed by atoms with Gasteiger partial charge in [0.1, 0.15) is 11.5 Å². The number of hydrogen-bond acceptors (Lipinski definition) is 4. The van der Waals surface area contributed by atoms with Gasteiger partial charge in [-0.1, -0.05) is 41.4 Å². The summed E-state index contributed by atoms with van der Waals surface area (Å²) in [5.74, 6) is 0.892. The maximum atomic E-state index is 13.4. The Hall–Kier alpha value is -2.02. The van der Waals surface area contributed by atoms with Gasteiger partial charge < -0.3 is 4.57 Å². The summed E-state index contributed by atoms with van der Waals surface area (Å²) >= 11 is 12.4. The van der Waals surface area contributed by atoms with Crippen molar-refractivity contribution < 1.29 is 4.39 Å². The van der Waals surface area contributed by atoms with Crippen LogP contribution in [0, 0.1) is 5.95 Å². The van der Waals surface area contributed by atoms with Crippen LogP contribution in [-0.2, 0) is 19.6 Å². The number of fused-ring (bicyclic) bond motifs is 1. The van der Waals surface area contributed by atoms with E-state index in [9.17, 15) is 4.39 Å². The molecule has 0 unspecified atom stereocenters. The van der Waals surface area contributed by atoms with Crippen LogP contribution in [0.5, 0.6) is 0 Å². The average Bonchev–Trinajstić information content (AvgIpc) is 3.02. The molecule has 0 radical (unpaired) electrons. The van der Waals surface area contributed by atoms with Crippen LogP contribution in [0.15, 0.2) is 36.4 Å². The fourth-order valence-electron chi connectivity index (χ4n) is 2.98. The third-order valence-corrected chi connectivity index (χ3v) is 5.06. The van der Waals surface area contributed by atoms with E-state index in [-0.39, 0.29) is 0 Å². The quantitative estimate of drug-likeness (QED) is 0.651. The van der Waals surface area contributed by atoms with Crippen molar-refractivity contribution >= 4 is 23.2 Å². The number of hydrogen-bond donors (Lipinski definition) is 0. The Morgan fingerprint density at radius 2 is 1.88 bits per heavy atom. The molecule has 0 amide bonds. The largest absolute Gasteiger partial charge is 0.307 e. The SMILES string of the molecule is Fc1cccc(-c2nnc3n2CCN(Cc2cccc(Cl)c2Cl)C3)n1. The fraction of sp³-hybridized carbons (Fsp3) is 0.235. The Morgan fingerprint density at radius 3 is 2.72 bits per heavy atom. The van der Waals surface area contributed by atoms with Crippen LogP contribution in [0.1, 0.15) is 11.4 Å². The summed E-state index contributed by atoms with van der Waals surface area (Å²) in [6.45, 7) is 2.81. The summed E-state index contributed by atoms with van der Waals surface area (Å²) < 4.78 is 15.3. The van der Waals surface area contributed by atoms with Crippen LogP contribution in [0.4, 0.5) is 4.39 Å². The summed E-state index contributed by atoms with van der Waals surface area (Å²) in [4.78, 5) is 6.12. The molecule has 5 nitrogen and oxygen atoms in total. The minimum atomic E-state index is -0.525. The molecule has 0 saturated carbocycles. The van der Waals surface area contributed by atoms with Crippen LogP contribution in [0.25, 0.3) is 11.5 Å². The average molecular weight is 378 g/mol. The van der Waals surface area contributed by atoms with Gasteiger partial charge in [-0.2, -0.15) is 4.39 Å². The Morgan fingerprint density at radius 1 is 1.04 bits per heavy atom. The van der Waals surface area contributed by atoms with Gasteiger partial charge in [0.05, 0.1) is 16.6 Å². The molecule has 1 aliphatic rings. The van der Waals surface area contributed by atoms with Crippen LogP contribution in [0.2, 0.25) is 10.0 Å². The second-order valence-corrected chi connectivity index (χ2v) is 6.65. The minimum Gasteiger partial charge on any atom is -0.307 e. The van der Waals surface area contributed by atoms with Gasteiger partial charge in [-0.15, -0.1) is 10.2 Å². The van der Waals surface area contributed by atoms with Crippen molar-refractivity contribution in [3.05, 3.63) is 63.8 Å². The van der Waals surface area contributed by atoms with Crippen molar-refractivity contribution in [1.82, 2.24) is 24.6 Å². The van der Waals surface area contributed by atoms with Gasteiger partial charge in [0.25, 0.3) is 0 Å². The molecule has 1 aromatic carbocycles. The zero-order valence-corrected chi connectivity index (χ0v) is 14.7. The lowest BCUT2D eigenvalue weighted by molar-refractivity contribution is 0.209. The zero-order chi connectivity index (χ0) is 17.4. The van der Waals surface area contributed by atoms with Crippen molar-refractivity contribution in [2.24, 2.45) is 0 Å². The van der Waals surface area contributed by atoms with Gasteiger partial charge >= 0.3 is 0 Å². The van der Waals surface area contributed by atoms with Crippen LogP contribution in [-0.4, -0.2) is 31.2 Å². The monoisotopic (exact) mass is 377 g/mol. The van der Waals surface area contributed by atoms with E-state index in [4.69, 9.17) is 23.2 Å². The smallest absolute Gasteiger partial charge is 0.213 e. The second kappa shape index (κ2) is 6.71. The van der Waals surface area contributed by atoms with Gasteiger partial charge in [0.15, 0.2) is 5.82 Å². The molecule has 0 fully saturated rings. The highest BCUT2D eigenvalue weighted by Gasteiger charge is 2.23. The first-order valence-electron chi connectivity index (χ1n) is 7.82. The summed E-state index contributed by atoms with van der Waals surface area (Å²) in [7, 11) is 0. The zero-order valence-electron chi connectivity index (χ0n) is 13.2. The fourth-order valence-corrected chi connectivity index (χ4v) is 3.36. The van der Waals surface area contributed by atoms with Crippen molar-refractivity contribution in [3.8, 4) is 11.5 Å². The molecule has 0 N–H and O–H groups in total. The predicted octanol–water partition coefficient (Wildman–Crippen LogP) is 3.80. The van der Waals surface area contributed by atoms with E-state index >= 15 is 0 Å². The highest BCUT2D eigenvalue weighted by molar-refractivity contribution is 6.42. The highest BCUT2D eigenvalue weighted by atomic mass is 35.5. The van der Waals surface area contributed by atoms with Crippen molar-refractivity contribution in [2.45, 2.75) is 19.6 Å². The molecule has 4 rings (SSSR count). The lowest BCUT2D eigenvalue weighted by Gasteiger charge is -2.28. The van der Waals surface area contributed by atoms with Gasteiger partial charge in [-0.05, 0) is 23.8 Å². The molecule has 0 saturated heterocycles. The lowest BCUT2D eigenvalue weighted by atomic mass is 10.2. The van der Waals surface area contributed by atoms with E-state index in [0.29, 0.717) is 41.2 Å². The number of benzene rings is 1. The molecule has 0 atom stereocenters. The van der Waals surface area contributed by atoms with E-state index in [2.05, 4.69) is 20.1 Å². The second-order valence-electron chi connectivity index (χ2n) is 5.86. The molecular weight excluding hydrogens is 364 g/mol. The van der Waals surface area contributed by atoms with Crippen LogP contribution >= 0.6 is 23.2 Å². The third kappa shape index (κ3) is 3.25. The van der Waals surface area contributed by atoms with Gasteiger partial charge in [-0.25, -0.2) is 4.98 Å². The molecule has 0 spiro atoms. The van der Waals surface area contributed by atoms with E-state index in [1.54, 1.807) is 18.2 Å². The van der Waals surface area contributed by atoms with E-state index in [1.165, 1.54) is 6.07 Å². The Bertz CT molecular complexity index is 927. The van der Waals surface area contributed by atoms with E-state index in [1.807, 2.05) is 16.7 Å². The van der Waals surface area contributed by atoms with Gasteiger partial charge in [0, 0.05) is 19.6 Å². The molecule has 0 bridgehead atoms. The standard InChI is InChI=1S/C17H14Cl2FN5/c18-12-4-1-3-11(16(12)19)9-24-7-8-25-15(10-24)22-23-17(25)13-5-2-6-14(20)21-13/h1-6H,7-10H2. The molecule has 3 heterocycles. The Kier molecular flexibility index (Phi) is 4.41. The summed E-state index contributed by atoms with van der Waals surface area (Å²) in [5.41, 5.74) is 1.47. The van der Waals surface area contributed by atoms with Crippen molar-refractivity contribution in [3.63, 3.8) is 0 Å².